The maximum absolute atomic E-state index is 5.84. The molecule has 0 aliphatic carbocycles. The third kappa shape index (κ3) is 2.17. The van der Waals surface area contributed by atoms with Crippen molar-refractivity contribution in [3.05, 3.63) is 66.5 Å². The summed E-state index contributed by atoms with van der Waals surface area (Å²) in [5.74, 6) is 0. The molecule has 3 heteroatoms. The van der Waals surface area contributed by atoms with Crippen LogP contribution < -0.4 is 5.32 Å². The van der Waals surface area contributed by atoms with Gasteiger partial charge in [-0.2, -0.15) is 0 Å². The summed E-state index contributed by atoms with van der Waals surface area (Å²) in [5, 5.41) is 5.78. The Balaban J connectivity index is 1.68. The minimum atomic E-state index is 0.822. The Hall–Kier alpha value is -2.68. The molecular weight excluding hydrogens is 260 g/mol. The van der Waals surface area contributed by atoms with Gasteiger partial charge in [0.25, 0.3) is 0 Å². The molecule has 0 unspecified atom stereocenters. The fourth-order valence-corrected chi connectivity index (χ4v) is 2.71. The molecule has 0 aliphatic rings. The van der Waals surface area contributed by atoms with Crippen LogP contribution in [0.15, 0.2) is 65.3 Å². The van der Waals surface area contributed by atoms with Crippen molar-refractivity contribution in [3.8, 4) is 0 Å². The summed E-state index contributed by atoms with van der Waals surface area (Å²) in [6.07, 6.45) is 4.18. The van der Waals surface area contributed by atoms with E-state index in [1.54, 1.807) is 0 Å². The molecule has 1 N–H and O–H groups in total. The predicted molar refractivity (Wildman–Crippen MR) is 86.5 cm³/mol. The monoisotopic (exact) mass is 276 g/mol. The number of hydrogen-bond acceptors (Lipinski definition) is 2. The van der Waals surface area contributed by atoms with Gasteiger partial charge in [-0.05, 0) is 35.9 Å². The summed E-state index contributed by atoms with van der Waals surface area (Å²) >= 11 is 0. The van der Waals surface area contributed by atoms with Crippen LogP contribution in [0.1, 0.15) is 5.56 Å². The quantitative estimate of drug-likeness (QED) is 0.595. The fourth-order valence-electron chi connectivity index (χ4n) is 2.71. The van der Waals surface area contributed by atoms with Gasteiger partial charge in [-0.1, -0.05) is 18.2 Å². The van der Waals surface area contributed by atoms with E-state index in [-0.39, 0.29) is 0 Å². The third-order valence-corrected chi connectivity index (χ3v) is 3.77. The molecule has 4 aromatic rings. The molecule has 2 aromatic heterocycles. The first-order chi connectivity index (χ1) is 10.3. The number of anilines is 1. The van der Waals surface area contributed by atoms with Crippen LogP contribution in [0.4, 0.5) is 5.69 Å². The van der Waals surface area contributed by atoms with E-state index in [1.807, 2.05) is 31.3 Å². The second-order valence-corrected chi connectivity index (χ2v) is 5.35. The van der Waals surface area contributed by atoms with Gasteiger partial charge in [0, 0.05) is 42.4 Å². The summed E-state index contributed by atoms with van der Waals surface area (Å²) in [6.45, 7) is 0.822. The number of furan rings is 1. The first kappa shape index (κ1) is 12.1. The number of aryl methyl sites for hydroxylation is 1. The van der Waals surface area contributed by atoms with Gasteiger partial charge >= 0.3 is 0 Å². The molecule has 0 radical (unpaired) electrons. The Morgan fingerprint density at radius 3 is 2.71 bits per heavy atom. The van der Waals surface area contributed by atoms with Gasteiger partial charge in [-0.15, -0.1) is 0 Å². The molecule has 2 aromatic carbocycles. The molecule has 0 amide bonds. The molecule has 0 atom stereocenters. The predicted octanol–water partition coefficient (Wildman–Crippen LogP) is 4.54. The van der Waals surface area contributed by atoms with Crippen LogP contribution in [-0.2, 0) is 13.6 Å². The zero-order valence-corrected chi connectivity index (χ0v) is 11.8. The van der Waals surface area contributed by atoms with Crippen molar-refractivity contribution in [2.45, 2.75) is 6.54 Å². The first-order valence-corrected chi connectivity index (χ1v) is 7.06. The number of benzene rings is 2. The third-order valence-electron chi connectivity index (χ3n) is 3.77. The molecule has 0 fully saturated rings. The minimum Gasteiger partial charge on any atom is -0.456 e. The van der Waals surface area contributed by atoms with Crippen LogP contribution in [-0.4, -0.2) is 4.57 Å². The van der Waals surface area contributed by atoms with Gasteiger partial charge in [0.05, 0.1) is 0 Å². The van der Waals surface area contributed by atoms with Crippen molar-refractivity contribution in [3.63, 3.8) is 0 Å². The Bertz CT molecular complexity index is 917. The maximum atomic E-state index is 5.84. The lowest BCUT2D eigenvalue weighted by atomic mass is 10.1. The molecule has 0 spiro atoms. The van der Waals surface area contributed by atoms with Gasteiger partial charge in [-0.25, -0.2) is 0 Å². The lowest BCUT2D eigenvalue weighted by Gasteiger charge is -2.04. The Kier molecular flexibility index (Phi) is 2.71. The SMILES string of the molecule is Cn1ccc(CNc2ccc3oc4ccccc4c3c2)c1. The Morgan fingerprint density at radius 2 is 1.86 bits per heavy atom. The lowest BCUT2D eigenvalue weighted by molar-refractivity contribution is 0.669. The number of aromatic nitrogens is 1. The first-order valence-electron chi connectivity index (χ1n) is 7.06. The highest BCUT2D eigenvalue weighted by atomic mass is 16.3. The van der Waals surface area contributed by atoms with Gasteiger partial charge in [0.1, 0.15) is 11.2 Å². The molecule has 4 rings (SSSR count). The van der Waals surface area contributed by atoms with Crippen LogP contribution in [0.5, 0.6) is 0 Å². The van der Waals surface area contributed by atoms with Crippen LogP contribution in [0.2, 0.25) is 0 Å². The fraction of sp³-hybridized carbons (Fsp3) is 0.111. The standard InChI is InChI=1S/C18H16N2O/c1-20-9-8-13(12-20)11-19-14-6-7-18-16(10-14)15-4-2-3-5-17(15)21-18/h2-10,12,19H,11H2,1H3. The molecule has 0 saturated heterocycles. The number of nitrogens with one attached hydrogen (secondary N) is 1. The van der Waals surface area contributed by atoms with Crippen molar-refractivity contribution in [2.24, 2.45) is 7.05 Å². The van der Waals surface area contributed by atoms with Crippen molar-refractivity contribution in [1.29, 1.82) is 0 Å². The largest absolute Gasteiger partial charge is 0.456 e. The number of nitrogens with zero attached hydrogens (tertiary/aromatic N) is 1. The average molecular weight is 276 g/mol. The van der Waals surface area contributed by atoms with Gasteiger partial charge in [-0.3, -0.25) is 0 Å². The number of hydrogen-bond donors (Lipinski definition) is 1. The average Bonchev–Trinajstić information content (AvgIpc) is 3.08. The summed E-state index contributed by atoms with van der Waals surface area (Å²) in [4.78, 5) is 0. The van der Waals surface area contributed by atoms with E-state index in [9.17, 15) is 0 Å². The van der Waals surface area contributed by atoms with Crippen LogP contribution >= 0.6 is 0 Å². The number of para-hydroxylation sites is 1. The molecule has 21 heavy (non-hydrogen) atoms. The van der Waals surface area contributed by atoms with Crippen molar-refractivity contribution in [1.82, 2.24) is 4.57 Å². The van der Waals surface area contributed by atoms with Crippen molar-refractivity contribution < 1.29 is 4.42 Å². The van der Waals surface area contributed by atoms with Crippen LogP contribution in [0, 0.1) is 0 Å². The van der Waals surface area contributed by atoms with Crippen molar-refractivity contribution in [2.75, 3.05) is 5.32 Å². The highest BCUT2D eigenvalue weighted by Gasteiger charge is 2.06. The highest BCUT2D eigenvalue weighted by molar-refractivity contribution is 6.05. The zero-order valence-electron chi connectivity index (χ0n) is 11.8. The Labute approximate surface area is 122 Å². The summed E-state index contributed by atoms with van der Waals surface area (Å²) in [5.41, 5.74) is 4.25. The lowest BCUT2D eigenvalue weighted by Crippen LogP contribution is -1.97. The molecular formula is C18H16N2O. The molecule has 0 saturated carbocycles. The smallest absolute Gasteiger partial charge is 0.135 e. The van der Waals surface area contributed by atoms with E-state index >= 15 is 0 Å². The summed E-state index contributed by atoms with van der Waals surface area (Å²) in [6, 6.07) is 16.5. The van der Waals surface area contributed by atoms with E-state index in [2.05, 4.69) is 46.5 Å². The molecule has 104 valence electrons. The van der Waals surface area contributed by atoms with E-state index in [1.165, 1.54) is 5.56 Å². The maximum Gasteiger partial charge on any atom is 0.135 e. The number of fused-ring (bicyclic) bond motifs is 3. The van der Waals surface area contributed by atoms with Gasteiger partial charge < -0.3 is 14.3 Å². The summed E-state index contributed by atoms with van der Waals surface area (Å²) < 4.78 is 7.90. The second kappa shape index (κ2) is 4.70. The van der Waals surface area contributed by atoms with Crippen molar-refractivity contribution >= 4 is 27.6 Å². The number of rotatable bonds is 3. The topological polar surface area (TPSA) is 30.1 Å². The van der Waals surface area contributed by atoms with E-state index in [4.69, 9.17) is 4.42 Å². The molecule has 2 heterocycles. The molecule has 3 nitrogen and oxygen atoms in total. The van der Waals surface area contributed by atoms with Crippen LogP contribution in [0.25, 0.3) is 21.9 Å². The van der Waals surface area contributed by atoms with E-state index in [0.717, 1.165) is 34.2 Å². The highest BCUT2D eigenvalue weighted by Crippen LogP contribution is 2.30. The van der Waals surface area contributed by atoms with Gasteiger partial charge in [0.15, 0.2) is 0 Å². The summed E-state index contributed by atoms with van der Waals surface area (Å²) in [7, 11) is 2.03. The van der Waals surface area contributed by atoms with E-state index in [0.29, 0.717) is 0 Å². The zero-order chi connectivity index (χ0) is 14.2. The Morgan fingerprint density at radius 1 is 1.00 bits per heavy atom. The second-order valence-electron chi connectivity index (χ2n) is 5.35. The molecule has 0 bridgehead atoms. The normalized spacial score (nSPS) is 11.3. The van der Waals surface area contributed by atoms with Crippen LogP contribution in [0.3, 0.4) is 0 Å². The minimum absolute atomic E-state index is 0.822. The van der Waals surface area contributed by atoms with E-state index < -0.39 is 0 Å². The van der Waals surface area contributed by atoms with Gasteiger partial charge in [0.2, 0.25) is 0 Å². The molecule has 0 aliphatic heterocycles.